The van der Waals surface area contributed by atoms with Gasteiger partial charge in [-0.3, -0.25) is 19.7 Å². The molecule has 0 spiro atoms. The normalized spacial score (nSPS) is 20.6. The van der Waals surface area contributed by atoms with Crippen molar-refractivity contribution >= 4 is 17.4 Å². The number of ketones is 1. The fourth-order valence-corrected chi connectivity index (χ4v) is 4.44. The van der Waals surface area contributed by atoms with Gasteiger partial charge in [-0.2, -0.15) is 0 Å². The first-order valence-electron chi connectivity index (χ1n) is 10.2. The highest BCUT2D eigenvalue weighted by Gasteiger charge is 2.39. The first-order chi connectivity index (χ1) is 15.3. The van der Waals surface area contributed by atoms with Gasteiger partial charge in [0.05, 0.1) is 11.5 Å². The second kappa shape index (κ2) is 8.41. The van der Waals surface area contributed by atoms with Crippen molar-refractivity contribution in [2.24, 2.45) is 0 Å². The molecule has 2 atom stereocenters. The molecule has 0 saturated carbocycles. The third-order valence-electron chi connectivity index (χ3n) is 5.85. The van der Waals surface area contributed by atoms with E-state index in [1.54, 1.807) is 19.1 Å². The van der Waals surface area contributed by atoms with Gasteiger partial charge in [-0.15, -0.1) is 0 Å². The number of hydrogen-bond acceptors (Lipinski definition) is 6. The molecule has 8 nitrogen and oxygen atoms in total. The summed E-state index contributed by atoms with van der Waals surface area (Å²) in [7, 11) is 0. The number of carbonyl (C=O) groups is 2. The lowest BCUT2D eigenvalue weighted by molar-refractivity contribution is -0.386. The maximum atomic E-state index is 13.3. The highest BCUT2D eigenvalue weighted by Crippen LogP contribution is 2.46. The number of Topliss-reactive ketones (excluding diaryl/α,β-unsaturated/α-hetero) is 1. The number of phenolic OH excluding ortho intramolecular Hbond substituents is 1. The van der Waals surface area contributed by atoms with Crippen molar-refractivity contribution in [3.63, 3.8) is 0 Å². The van der Waals surface area contributed by atoms with Gasteiger partial charge in [-0.1, -0.05) is 12.1 Å². The Bertz CT molecular complexity index is 1140. The van der Waals surface area contributed by atoms with Gasteiger partial charge in [0.25, 0.3) is 0 Å². The van der Waals surface area contributed by atoms with Gasteiger partial charge in [-0.25, -0.2) is 4.39 Å². The molecule has 166 valence electrons. The largest absolute Gasteiger partial charge is 0.500 e. The molecule has 1 heterocycles. The van der Waals surface area contributed by atoms with Gasteiger partial charge < -0.3 is 15.2 Å². The van der Waals surface area contributed by atoms with E-state index in [1.165, 1.54) is 24.3 Å². The fraction of sp³-hybridized carbons (Fsp3) is 0.304. The van der Waals surface area contributed by atoms with Gasteiger partial charge in [0.15, 0.2) is 11.5 Å². The summed E-state index contributed by atoms with van der Waals surface area (Å²) in [6, 6.07) is 8.54. The summed E-state index contributed by atoms with van der Waals surface area (Å²) in [6.45, 7) is 1.85. The van der Waals surface area contributed by atoms with Crippen LogP contribution in [0.15, 0.2) is 47.7 Å². The number of nitrogens with one attached hydrogen (secondary N) is 1. The van der Waals surface area contributed by atoms with Gasteiger partial charge in [-0.05, 0) is 48.6 Å². The maximum absolute atomic E-state index is 13.3. The van der Waals surface area contributed by atoms with Gasteiger partial charge in [0.2, 0.25) is 11.7 Å². The van der Waals surface area contributed by atoms with Gasteiger partial charge >= 0.3 is 5.69 Å². The topological polar surface area (TPSA) is 119 Å². The maximum Gasteiger partial charge on any atom is 0.314 e. The molecule has 2 N–H and O–H groups in total. The van der Waals surface area contributed by atoms with Crippen LogP contribution in [0.3, 0.4) is 0 Å². The number of benzene rings is 2. The van der Waals surface area contributed by atoms with Crippen molar-refractivity contribution in [1.82, 2.24) is 5.32 Å². The molecule has 1 aliphatic carbocycles. The molecule has 32 heavy (non-hydrogen) atoms. The lowest BCUT2D eigenvalue weighted by Crippen LogP contribution is -2.38. The van der Waals surface area contributed by atoms with E-state index in [0.29, 0.717) is 23.3 Å². The number of nitrogens with zero attached hydrogens (tertiary/aromatic N) is 1. The quantitative estimate of drug-likeness (QED) is 0.539. The van der Waals surface area contributed by atoms with Crippen molar-refractivity contribution in [2.75, 3.05) is 6.61 Å². The standard InChI is InChI=1S/C23H21FN2O6/c1-2-32-20-10-14(8-18(23(20)29)26(30)31)16-11-21(28)25-17-7-13(9-19(27)22(16)17)12-3-5-15(24)6-4-12/h3-6,8,10,13,16,29H,2,7,9,11H2,1H3,(H,25,28). The summed E-state index contributed by atoms with van der Waals surface area (Å²) < 4.78 is 18.6. The molecule has 1 amide bonds. The summed E-state index contributed by atoms with van der Waals surface area (Å²) in [5.41, 5.74) is 1.48. The number of carbonyl (C=O) groups excluding carboxylic acids is 2. The lowest BCUT2D eigenvalue weighted by Gasteiger charge is -2.34. The number of halogens is 1. The average Bonchev–Trinajstić information content (AvgIpc) is 2.74. The number of nitro groups is 1. The van der Waals surface area contributed by atoms with E-state index in [1.807, 2.05) is 0 Å². The van der Waals surface area contributed by atoms with E-state index in [2.05, 4.69) is 5.32 Å². The third kappa shape index (κ3) is 3.93. The highest BCUT2D eigenvalue weighted by atomic mass is 19.1. The number of nitro benzene ring substituents is 1. The van der Waals surface area contributed by atoms with Crippen molar-refractivity contribution in [2.45, 2.75) is 38.0 Å². The third-order valence-corrected chi connectivity index (χ3v) is 5.85. The summed E-state index contributed by atoms with van der Waals surface area (Å²) in [5.74, 6) is -2.44. The number of rotatable bonds is 5. The predicted octanol–water partition coefficient (Wildman–Crippen LogP) is 3.84. The molecule has 0 bridgehead atoms. The Hall–Kier alpha value is -3.75. The Morgan fingerprint density at radius 1 is 1.16 bits per heavy atom. The van der Waals surface area contributed by atoms with E-state index < -0.39 is 22.3 Å². The van der Waals surface area contributed by atoms with E-state index in [-0.39, 0.29) is 48.6 Å². The van der Waals surface area contributed by atoms with Crippen LogP contribution in [0.4, 0.5) is 10.1 Å². The number of amides is 1. The Morgan fingerprint density at radius 2 is 1.88 bits per heavy atom. The minimum Gasteiger partial charge on any atom is -0.500 e. The summed E-state index contributed by atoms with van der Waals surface area (Å²) in [5, 5.41) is 24.4. The molecule has 2 aromatic rings. The summed E-state index contributed by atoms with van der Waals surface area (Å²) in [6.07, 6.45) is 0.502. The SMILES string of the molecule is CCOc1cc(C2CC(=O)NC3=C2C(=O)CC(c2ccc(F)cc2)C3)cc([N+](=O)[O-])c1O. The van der Waals surface area contributed by atoms with Crippen LogP contribution in [-0.4, -0.2) is 28.3 Å². The Balaban J connectivity index is 1.77. The smallest absolute Gasteiger partial charge is 0.314 e. The predicted molar refractivity (Wildman–Crippen MR) is 112 cm³/mol. The van der Waals surface area contributed by atoms with Crippen molar-refractivity contribution in [3.05, 3.63) is 74.7 Å². The van der Waals surface area contributed by atoms with Crippen LogP contribution in [0.1, 0.15) is 49.1 Å². The number of allylic oxidation sites excluding steroid dienone is 2. The second-order valence-electron chi connectivity index (χ2n) is 7.85. The Morgan fingerprint density at radius 3 is 2.53 bits per heavy atom. The monoisotopic (exact) mass is 440 g/mol. The molecule has 0 aromatic heterocycles. The van der Waals surface area contributed by atoms with Crippen molar-refractivity contribution < 1.29 is 28.7 Å². The Kier molecular flexibility index (Phi) is 5.65. The molecule has 0 saturated heterocycles. The van der Waals surface area contributed by atoms with E-state index in [4.69, 9.17) is 4.74 Å². The number of hydrogen-bond donors (Lipinski definition) is 2. The average molecular weight is 440 g/mol. The van der Waals surface area contributed by atoms with Crippen LogP contribution in [0.2, 0.25) is 0 Å². The zero-order valence-corrected chi connectivity index (χ0v) is 17.3. The second-order valence-corrected chi connectivity index (χ2v) is 7.85. The zero-order valence-electron chi connectivity index (χ0n) is 17.3. The first-order valence-corrected chi connectivity index (χ1v) is 10.2. The molecular weight excluding hydrogens is 419 g/mol. The Labute approximate surface area is 182 Å². The van der Waals surface area contributed by atoms with E-state index in [0.717, 1.165) is 5.56 Å². The summed E-state index contributed by atoms with van der Waals surface area (Å²) >= 11 is 0. The van der Waals surface area contributed by atoms with Crippen molar-refractivity contribution in [1.29, 1.82) is 0 Å². The lowest BCUT2D eigenvalue weighted by atomic mass is 9.73. The molecule has 2 aromatic carbocycles. The molecule has 2 aliphatic rings. The fourth-order valence-electron chi connectivity index (χ4n) is 4.44. The van der Waals surface area contributed by atoms with Crippen LogP contribution in [0.5, 0.6) is 11.5 Å². The minimum atomic E-state index is -0.729. The molecule has 0 radical (unpaired) electrons. The molecule has 4 rings (SSSR count). The molecule has 1 aliphatic heterocycles. The zero-order chi connectivity index (χ0) is 23.0. The van der Waals surface area contributed by atoms with Crippen LogP contribution >= 0.6 is 0 Å². The number of ether oxygens (including phenoxy) is 1. The molecular formula is C23H21FN2O6. The highest BCUT2D eigenvalue weighted by molar-refractivity contribution is 6.02. The molecule has 9 heteroatoms. The van der Waals surface area contributed by atoms with Crippen LogP contribution in [-0.2, 0) is 9.59 Å². The van der Waals surface area contributed by atoms with Crippen LogP contribution in [0.25, 0.3) is 0 Å². The van der Waals surface area contributed by atoms with Crippen molar-refractivity contribution in [3.8, 4) is 11.5 Å². The minimum absolute atomic E-state index is 0.0563. The van der Waals surface area contributed by atoms with Gasteiger partial charge in [0.1, 0.15) is 5.82 Å². The van der Waals surface area contributed by atoms with Gasteiger partial charge in [0, 0.05) is 36.1 Å². The molecule has 0 fully saturated rings. The van der Waals surface area contributed by atoms with E-state index >= 15 is 0 Å². The number of aromatic hydroxyl groups is 1. The van der Waals surface area contributed by atoms with E-state index in [9.17, 15) is 29.2 Å². The molecule has 2 unspecified atom stereocenters. The summed E-state index contributed by atoms with van der Waals surface area (Å²) in [4.78, 5) is 36.4. The first kappa shape index (κ1) is 21.5. The van der Waals surface area contributed by atoms with Crippen LogP contribution < -0.4 is 10.1 Å². The van der Waals surface area contributed by atoms with Crippen LogP contribution in [0, 0.1) is 15.9 Å². The number of phenols is 1.